The van der Waals surface area contributed by atoms with Gasteiger partial charge in [0.25, 0.3) is 0 Å². The minimum Gasteiger partial charge on any atom is -0.497 e. The Hall–Kier alpha value is -2.84. The van der Waals surface area contributed by atoms with Crippen LogP contribution in [0.1, 0.15) is 12.8 Å². The van der Waals surface area contributed by atoms with Crippen molar-refractivity contribution < 1.29 is 19.1 Å². The van der Waals surface area contributed by atoms with Crippen LogP contribution in [-0.2, 0) is 14.3 Å². The van der Waals surface area contributed by atoms with E-state index >= 15 is 0 Å². The van der Waals surface area contributed by atoms with Crippen molar-refractivity contribution in [3.63, 3.8) is 0 Å². The zero-order valence-corrected chi connectivity index (χ0v) is 17.9. The highest BCUT2D eigenvalue weighted by Gasteiger charge is 2.38. The molecular formula is C22H25N3O4S. The maximum absolute atomic E-state index is 13.0. The number of nitrogens with zero attached hydrogens (tertiary/aromatic N) is 2. The van der Waals surface area contributed by atoms with Gasteiger partial charge in [0, 0.05) is 32.4 Å². The van der Waals surface area contributed by atoms with Gasteiger partial charge in [0.15, 0.2) is 5.17 Å². The summed E-state index contributed by atoms with van der Waals surface area (Å²) in [5.41, 5.74) is 1.43. The molecule has 1 N–H and O–H groups in total. The Balaban J connectivity index is 1.72. The number of ether oxygens (including phenoxy) is 2. The molecule has 2 aromatic rings. The van der Waals surface area contributed by atoms with E-state index in [1.54, 1.807) is 19.1 Å². The maximum atomic E-state index is 13.0. The fourth-order valence-corrected chi connectivity index (χ4v) is 4.15. The van der Waals surface area contributed by atoms with Gasteiger partial charge < -0.3 is 14.8 Å². The fourth-order valence-electron chi connectivity index (χ4n) is 2.97. The summed E-state index contributed by atoms with van der Waals surface area (Å²) < 4.78 is 10.3. The number of thioether (sulfide) groups is 1. The highest BCUT2D eigenvalue weighted by molar-refractivity contribution is 8.15. The van der Waals surface area contributed by atoms with Crippen molar-refractivity contribution >= 4 is 40.1 Å². The number of hydrogen-bond acceptors (Lipinski definition) is 6. The van der Waals surface area contributed by atoms with E-state index in [9.17, 15) is 9.59 Å². The summed E-state index contributed by atoms with van der Waals surface area (Å²) in [4.78, 5) is 31.7. The molecule has 1 fully saturated rings. The number of rotatable bonds is 9. The smallest absolute Gasteiger partial charge is 0.242 e. The Morgan fingerprint density at radius 1 is 1.13 bits per heavy atom. The van der Waals surface area contributed by atoms with Gasteiger partial charge in [-0.15, -0.1) is 0 Å². The lowest BCUT2D eigenvalue weighted by molar-refractivity contribution is -0.128. The average Bonchev–Trinajstić information content (AvgIpc) is 3.04. The maximum Gasteiger partial charge on any atom is 0.242 e. The van der Waals surface area contributed by atoms with Gasteiger partial charge in [0.1, 0.15) is 11.0 Å². The summed E-state index contributed by atoms with van der Waals surface area (Å²) in [6, 6.07) is 16.5. The molecule has 30 heavy (non-hydrogen) atoms. The minimum absolute atomic E-state index is 0.0841. The number of hydrogen-bond donors (Lipinski definition) is 1. The van der Waals surface area contributed by atoms with Crippen LogP contribution in [0.25, 0.3) is 0 Å². The van der Waals surface area contributed by atoms with Gasteiger partial charge in [0.05, 0.1) is 12.8 Å². The lowest BCUT2D eigenvalue weighted by Gasteiger charge is -2.16. The number of carbonyl (C=O) groups is 2. The number of benzene rings is 2. The second-order valence-electron chi connectivity index (χ2n) is 6.65. The molecule has 0 aromatic heterocycles. The first-order valence-electron chi connectivity index (χ1n) is 9.65. The summed E-state index contributed by atoms with van der Waals surface area (Å²) in [5.74, 6) is 0.433. The number of amides is 2. The Morgan fingerprint density at radius 2 is 1.87 bits per heavy atom. The minimum atomic E-state index is -0.506. The highest BCUT2D eigenvalue weighted by atomic mass is 32.2. The number of aliphatic imine (C=N–C) groups is 1. The monoisotopic (exact) mass is 427 g/mol. The number of carbonyl (C=O) groups excluding carboxylic acids is 2. The molecule has 1 aliphatic rings. The first-order valence-corrected chi connectivity index (χ1v) is 10.5. The van der Waals surface area contributed by atoms with Gasteiger partial charge in [-0.1, -0.05) is 30.0 Å². The van der Waals surface area contributed by atoms with Crippen molar-refractivity contribution in [2.24, 2.45) is 4.99 Å². The molecule has 1 heterocycles. The first-order chi connectivity index (χ1) is 14.6. The number of nitrogens with one attached hydrogen (secondary N) is 1. The summed E-state index contributed by atoms with van der Waals surface area (Å²) in [5, 5.41) is 2.93. The van der Waals surface area contributed by atoms with Gasteiger partial charge in [-0.3, -0.25) is 14.5 Å². The van der Waals surface area contributed by atoms with Gasteiger partial charge in [0.2, 0.25) is 11.8 Å². The van der Waals surface area contributed by atoms with Crippen molar-refractivity contribution in [3.05, 3.63) is 54.6 Å². The standard InChI is InChI=1S/C22H25N3O4S/c1-28-14-6-13-25-21(27)19(15-20(26)23-16-7-4-3-5-8-16)30-22(25)24-17-9-11-18(29-2)12-10-17/h3-5,7-12,19H,6,13-15H2,1-2H3,(H,23,26). The van der Waals surface area contributed by atoms with Crippen LogP contribution in [0.5, 0.6) is 5.75 Å². The van der Waals surface area contributed by atoms with Crippen molar-refractivity contribution in [1.82, 2.24) is 4.90 Å². The van der Waals surface area contributed by atoms with E-state index in [0.29, 0.717) is 30.4 Å². The average molecular weight is 428 g/mol. The SMILES string of the molecule is COCCCN1C(=O)C(CC(=O)Nc2ccccc2)SC1=Nc1ccc(OC)cc1. The molecule has 8 heteroatoms. The fraction of sp³-hybridized carbons (Fsp3) is 0.318. The number of methoxy groups -OCH3 is 2. The second-order valence-corrected chi connectivity index (χ2v) is 7.82. The molecule has 2 amide bonds. The van der Waals surface area contributed by atoms with Crippen molar-refractivity contribution in [2.75, 3.05) is 32.7 Å². The third kappa shape index (κ3) is 5.84. The first kappa shape index (κ1) is 21.9. The summed E-state index contributed by atoms with van der Waals surface area (Å²) >= 11 is 1.32. The lowest BCUT2D eigenvalue weighted by Crippen LogP contribution is -2.34. The molecule has 2 aromatic carbocycles. The van der Waals surface area contributed by atoms with E-state index in [1.165, 1.54) is 11.8 Å². The van der Waals surface area contributed by atoms with Crippen molar-refractivity contribution in [2.45, 2.75) is 18.1 Å². The van der Waals surface area contributed by atoms with Gasteiger partial charge >= 0.3 is 0 Å². The topological polar surface area (TPSA) is 80.2 Å². The molecule has 0 aliphatic carbocycles. The van der Waals surface area contributed by atoms with Crippen LogP contribution in [0.2, 0.25) is 0 Å². The van der Waals surface area contributed by atoms with Crippen molar-refractivity contribution in [1.29, 1.82) is 0 Å². The Kier molecular flexibility index (Phi) is 7.87. The number of amidine groups is 1. The highest BCUT2D eigenvalue weighted by Crippen LogP contribution is 2.32. The molecule has 158 valence electrons. The summed E-state index contributed by atoms with van der Waals surface area (Å²) in [7, 11) is 3.23. The van der Waals surface area contributed by atoms with E-state index in [0.717, 1.165) is 11.4 Å². The number of anilines is 1. The molecule has 1 unspecified atom stereocenters. The van der Waals surface area contributed by atoms with E-state index in [-0.39, 0.29) is 18.2 Å². The third-order valence-electron chi connectivity index (χ3n) is 4.48. The third-order valence-corrected chi connectivity index (χ3v) is 5.65. The molecule has 1 atom stereocenters. The molecule has 0 saturated carbocycles. The molecule has 3 rings (SSSR count). The normalized spacial score (nSPS) is 17.4. The van der Waals surface area contributed by atoms with Crippen LogP contribution in [0.4, 0.5) is 11.4 Å². The van der Waals surface area contributed by atoms with E-state index in [4.69, 9.17) is 9.47 Å². The van der Waals surface area contributed by atoms with E-state index in [2.05, 4.69) is 10.3 Å². The predicted octanol–water partition coefficient (Wildman–Crippen LogP) is 3.69. The zero-order valence-electron chi connectivity index (χ0n) is 17.0. The summed E-state index contributed by atoms with van der Waals surface area (Å²) in [6.07, 6.45) is 0.772. The van der Waals surface area contributed by atoms with Gasteiger partial charge in [-0.05, 0) is 42.8 Å². The Labute approximate surface area is 180 Å². The van der Waals surface area contributed by atoms with Crippen molar-refractivity contribution in [3.8, 4) is 5.75 Å². The molecular weight excluding hydrogens is 402 g/mol. The Bertz CT molecular complexity index is 887. The van der Waals surface area contributed by atoms with Gasteiger partial charge in [-0.2, -0.15) is 0 Å². The molecule has 1 aliphatic heterocycles. The van der Waals surface area contributed by atoms with E-state index < -0.39 is 5.25 Å². The zero-order chi connectivity index (χ0) is 21.3. The largest absolute Gasteiger partial charge is 0.497 e. The quantitative estimate of drug-likeness (QED) is 0.618. The molecule has 0 radical (unpaired) electrons. The molecule has 7 nitrogen and oxygen atoms in total. The van der Waals surface area contributed by atoms with Crippen LogP contribution < -0.4 is 10.1 Å². The summed E-state index contributed by atoms with van der Waals surface area (Å²) in [6.45, 7) is 1.04. The number of para-hydroxylation sites is 1. The second kappa shape index (κ2) is 10.8. The van der Waals surface area contributed by atoms with Crippen LogP contribution in [-0.4, -0.2) is 54.5 Å². The van der Waals surface area contributed by atoms with Crippen LogP contribution >= 0.6 is 11.8 Å². The van der Waals surface area contributed by atoms with Crippen LogP contribution in [0.3, 0.4) is 0 Å². The van der Waals surface area contributed by atoms with E-state index in [1.807, 2.05) is 54.6 Å². The molecule has 1 saturated heterocycles. The molecule has 0 spiro atoms. The molecule has 0 bridgehead atoms. The predicted molar refractivity (Wildman–Crippen MR) is 119 cm³/mol. The van der Waals surface area contributed by atoms with Gasteiger partial charge in [-0.25, -0.2) is 4.99 Å². The lowest BCUT2D eigenvalue weighted by atomic mass is 10.2. The van der Waals surface area contributed by atoms with Crippen LogP contribution in [0, 0.1) is 0 Å². The van der Waals surface area contributed by atoms with Crippen LogP contribution in [0.15, 0.2) is 59.6 Å². The Morgan fingerprint density at radius 3 is 2.53 bits per heavy atom.